The second-order valence-corrected chi connectivity index (χ2v) is 6.12. The van der Waals surface area contributed by atoms with Crippen LogP contribution in [0.4, 0.5) is 5.82 Å². The minimum atomic E-state index is -0.110. The monoisotopic (exact) mass is 340 g/mol. The molecule has 1 saturated heterocycles. The molecule has 0 unspecified atom stereocenters. The topological polar surface area (TPSA) is 104 Å². The van der Waals surface area contributed by atoms with Gasteiger partial charge in [-0.15, -0.1) is 5.10 Å². The predicted octanol–water partition coefficient (Wildman–Crippen LogP) is 0.526. The molecule has 1 aliphatic heterocycles. The zero-order chi connectivity index (χ0) is 18.0. The van der Waals surface area contributed by atoms with E-state index in [4.69, 9.17) is 5.26 Å². The number of carbonyl (C=O) groups excluding carboxylic acids is 1. The Bertz CT molecular complexity index is 816. The molecule has 0 aromatic carbocycles. The molecule has 2 aromatic heterocycles. The van der Waals surface area contributed by atoms with E-state index in [-0.39, 0.29) is 11.9 Å². The average Bonchev–Trinajstić information content (AvgIpc) is 2.99. The summed E-state index contributed by atoms with van der Waals surface area (Å²) in [5.41, 5.74) is 1.49. The van der Waals surface area contributed by atoms with E-state index < -0.39 is 0 Å². The molecule has 2 aromatic rings. The minimum Gasteiger partial charge on any atom is -0.354 e. The number of hydrogen-bond acceptors (Lipinski definition) is 7. The second-order valence-electron chi connectivity index (χ2n) is 6.12. The molecule has 1 fully saturated rings. The first-order valence-electron chi connectivity index (χ1n) is 8.12. The van der Waals surface area contributed by atoms with Gasteiger partial charge in [-0.2, -0.15) is 5.26 Å². The van der Waals surface area contributed by atoms with E-state index >= 15 is 0 Å². The van der Waals surface area contributed by atoms with E-state index in [1.165, 1.54) is 6.20 Å². The van der Waals surface area contributed by atoms with Crippen molar-refractivity contribution < 1.29 is 4.79 Å². The maximum Gasteiger partial charge on any atom is 0.276 e. The average molecular weight is 340 g/mol. The summed E-state index contributed by atoms with van der Waals surface area (Å²) in [5.74, 6) is 0.503. The van der Waals surface area contributed by atoms with Crippen molar-refractivity contribution >= 4 is 11.7 Å². The van der Waals surface area contributed by atoms with Gasteiger partial charge in [0.15, 0.2) is 17.2 Å². The first-order chi connectivity index (χ1) is 12.0. The van der Waals surface area contributed by atoms with Crippen molar-refractivity contribution in [1.29, 1.82) is 5.26 Å². The number of piperidine rings is 1. The van der Waals surface area contributed by atoms with Gasteiger partial charge in [-0.05, 0) is 19.8 Å². The standard InChI is InChI=1S/C16H20N8O/c1-11-14(20-21-23(11)3)16(25)22(2)12-4-8-24(9-5-12)15-13(10-17)18-6-7-19-15/h6-7,12H,4-5,8-9H2,1-3H3. The highest BCUT2D eigenvalue weighted by atomic mass is 16.2. The summed E-state index contributed by atoms with van der Waals surface area (Å²) in [5, 5.41) is 17.0. The molecule has 0 aliphatic carbocycles. The number of rotatable bonds is 3. The van der Waals surface area contributed by atoms with Gasteiger partial charge in [0.05, 0.1) is 5.69 Å². The van der Waals surface area contributed by atoms with Crippen LogP contribution in [0.3, 0.4) is 0 Å². The highest BCUT2D eigenvalue weighted by molar-refractivity contribution is 5.93. The maximum atomic E-state index is 12.7. The summed E-state index contributed by atoms with van der Waals surface area (Å²) in [6, 6.07) is 2.20. The van der Waals surface area contributed by atoms with Crippen LogP contribution in [0.15, 0.2) is 12.4 Å². The molecule has 1 amide bonds. The van der Waals surface area contributed by atoms with Gasteiger partial charge in [0.2, 0.25) is 0 Å². The molecule has 0 atom stereocenters. The predicted molar refractivity (Wildman–Crippen MR) is 89.8 cm³/mol. The molecule has 0 saturated carbocycles. The number of nitrogens with zero attached hydrogens (tertiary/aromatic N) is 8. The van der Waals surface area contributed by atoms with Crippen LogP contribution < -0.4 is 4.90 Å². The lowest BCUT2D eigenvalue weighted by Crippen LogP contribution is -2.46. The lowest BCUT2D eigenvalue weighted by Gasteiger charge is -2.37. The van der Waals surface area contributed by atoms with Gasteiger partial charge in [0.1, 0.15) is 6.07 Å². The number of aromatic nitrogens is 5. The lowest BCUT2D eigenvalue weighted by molar-refractivity contribution is 0.0702. The molecule has 9 heteroatoms. The zero-order valence-corrected chi connectivity index (χ0v) is 14.5. The highest BCUT2D eigenvalue weighted by Gasteiger charge is 2.29. The quantitative estimate of drug-likeness (QED) is 0.802. The summed E-state index contributed by atoms with van der Waals surface area (Å²) in [7, 11) is 3.57. The Morgan fingerprint density at radius 1 is 1.32 bits per heavy atom. The number of carbonyl (C=O) groups is 1. The summed E-state index contributed by atoms with van der Waals surface area (Å²) < 4.78 is 1.60. The van der Waals surface area contributed by atoms with Gasteiger partial charge in [-0.25, -0.2) is 9.97 Å². The lowest BCUT2D eigenvalue weighted by atomic mass is 10.0. The van der Waals surface area contributed by atoms with Crippen LogP contribution in [0, 0.1) is 18.3 Å². The first kappa shape index (κ1) is 16.8. The van der Waals surface area contributed by atoms with E-state index in [9.17, 15) is 4.79 Å². The van der Waals surface area contributed by atoms with E-state index in [1.807, 2.05) is 11.8 Å². The van der Waals surface area contributed by atoms with Gasteiger partial charge in [0.25, 0.3) is 5.91 Å². The van der Waals surface area contributed by atoms with Crippen molar-refractivity contribution in [3.8, 4) is 6.07 Å². The Morgan fingerprint density at radius 3 is 2.60 bits per heavy atom. The van der Waals surface area contributed by atoms with Crippen LogP contribution >= 0.6 is 0 Å². The highest BCUT2D eigenvalue weighted by Crippen LogP contribution is 2.23. The van der Waals surface area contributed by atoms with Gasteiger partial charge >= 0.3 is 0 Å². The molecule has 0 spiro atoms. The number of amides is 1. The zero-order valence-electron chi connectivity index (χ0n) is 14.5. The molecular formula is C16H20N8O. The molecule has 0 radical (unpaired) electrons. The molecular weight excluding hydrogens is 320 g/mol. The first-order valence-corrected chi connectivity index (χ1v) is 8.12. The van der Waals surface area contributed by atoms with E-state index in [0.29, 0.717) is 17.2 Å². The third kappa shape index (κ3) is 3.15. The van der Waals surface area contributed by atoms with Crippen molar-refractivity contribution in [3.63, 3.8) is 0 Å². The molecule has 3 heterocycles. The molecule has 0 N–H and O–H groups in total. The molecule has 25 heavy (non-hydrogen) atoms. The summed E-state index contributed by atoms with van der Waals surface area (Å²) in [4.78, 5) is 24.8. The fourth-order valence-electron chi connectivity index (χ4n) is 3.04. The van der Waals surface area contributed by atoms with Crippen LogP contribution in [0.5, 0.6) is 0 Å². The Hall–Kier alpha value is -3.02. The van der Waals surface area contributed by atoms with Crippen molar-refractivity contribution in [2.45, 2.75) is 25.8 Å². The fraction of sp³-hybridized carbons (Fsp3) is 0.500. The normalized spacial score (nSPS) is 15.0. The molecule has 3 rings (SSSR count). The van der Waals surface area contributed by atoms with Gasteiger partial charge in [-0.1, -0.05) is 5.21 Å². The largest absolute Gasteiger partial charge is 0.354 e. The molecule has 130 valence electrons. The Kier molecular flexibility index (Phi) is 4.61. The summed E-state index contributed by atoms with van der Waals surface area (Å²) in [6.07, 6.45) is 4.70. The Labute approximate surface area is 145 Å². The Morgan fingerprint density at radius 2 is 2.00 bits per heavy atom. The molecule has 0 bridgehead atoms. The SMILES string of the molecule is Cc1c(C(=O)N(C)C2CCN(c3nccnc3C#N)CC2)nnn1C. The number of hydrogen-bond donors (Lipinski definition) is 0. The molecule has 9 nitrogen and oxygen atoms in total. The van der Waals surface area contributed by atoms with Gasteiger partial charge in [0, 0.05) is 45.6 Å². The smallest absolute Gasteiger partial charge is 0.276 e. The molecule has 1 aliphatic rings. The number of nitriles is 1. The van der Waals surface area contributed by atoms with Crippen LogP contribution in [-0.2, 0) is 7.05 Å². The van der Waals surface area contributed by atoms with E-state index in [0.717, 1.165) is 31.6 Å². The van der Waals surface area contributed by atoms with E-state index in [1.54, 1.807) is 29.9 Å². The Balaban J connectivity index is 1.67. The van der Waals surface area contributed by atoms with Crippen LogP contribution in [-0.4, -0.2) is 61.9 Å². The minimum absolute atomic E-state index is 0.110. The van der Waals surface area contributed by atoms with Gasteiger partial charge in [-0.3, -0.25) is 9.48 Å². The van der Waals surface area contributed by atoms with Crippen LogP contribution in [0.1, 0.15) is 34.7 Å². The summed E-state index contributed by atoms with van der Waals surface area (Å²) in [6.45, 7) is 3.27. The fourth-order valence-corrected chi connectivity index (χ4v) is 3.04. The van der Waals surface area contributed by atoms with Crippen molar-refractivity contribution in [2.24, 2.45) is 7.05 Å². The third-order valence-electron chi connectivity index (χ3n) is 4.73. The summed E-state index contributed by atoms with van der Waals surface area (Å²) >= 11 is 0. The second kappa shape index (κ2) is 6.84. The van der Waals surface area contributed by atoms with Crippen LogP contribution in [0.2, 0.25) is 0 Å². The van der Waals surface area contributed by atoms with Crippen molar-refractivity contribution in [3.05, 3.63) is 29.5 Å². The van der Waals surface area contributed by atoms with Gasteiger partial charge < -0.3 is 9.80 Å². The number of aryl methyl sites for hydroxylation is 1. The maximum absolute atomic E-state index is 12.7. The third-order valence-corrected chi connectivity index (χ3v) is 4.73. The number of anilines is 1. The van der Waals surface area contributed by atoms with Crippen LogP contribution in [0.25, 0.3) is 0 Å². The van der Waals surface area contributed by atoms with E-state index in [2.05, 4.69) is 26.3 Å². The van der Waals surface area contributed by atoms with Crippen molar-refractivity contribution in [1.82, 2.24) is 29.9 Å². The van der Waals surface area contributed by atoms with Crippen molar-refractivity contribution in [2.75, 3.05) is 25.0 Å².